The minimum absolute atomic E-state index is 0.119. The summed E-state index contributed by atoms with van der Waals surface area (Å²) in [5, 5.41) is 6.44. The van der Waals surface area contributed by atoms with Crippen LogP contribution in [0.3, 0.4) is 0 Å². The molecule has 0 aliphatic carbocycles. The van der Waals surface area contributed by atoms with Gasteiger partial charge < -0.3 is 15.2 Å². The first-order valence-corrected chi connectivity index (χ1v) is 9.43. The quantitative estimate of drug-likeness (QED) is 0.617. The zero-order valence-electron chi connectivity index (χ0n) is 15.5. The van der Waals surface area contributed by atoms with Crippen molar-refractivity contribution in [3.8, 4) is 0 Å². The van der Waals surface area contributed by atoms with Crippen LogP contribution in [0.15, 0.2) is 77.1 Å². The highest BCUT2D eigenvalue weighted by Gasteiger charge is 2.03. The van der Waals surface area contributed by atoms with Gasteiger partial charge >= 0.3 is 0 Å². The maximum Gasteiger partial charge on any atom is 0.248 e. The number of benzene rings is 2. The van der Waals surface area contributed by atoms with Crippen LogP contribution in [-0.2, 0) is 16.6 Å². The van der Waals surface area contributed by atoms with Gasteiger partial charge in [-0.25, -0.2) is 4.98 Å². The van der Waals surface area contributed by atoms with Crippen LogP contribution in [0, 0.1) is 0 Å². The molecule has 3 rings (SSSR count). The standard InChI is InChI=1S/C21H20N4O2S/c1-15(26)23-17-6-3-16(4-7-17)5-12-20(27)24-18-8-10-19(11-9-18)28-21-22-13-14-25(21)2/h3-14H,1-2H3,(H,23,26)(H,24,27)/b12-5+. The molecule has 0 spiro atoms. The highest BCUT2D eigenvalue weighted by Crippen LogP contribution is 2.26. The van der Waals surface area contributed by atoms with E-state index >= 15 is 0 Å². The average Bonchev–Trinajstić information content (AvgIpc) is 3.07. The number of rotatable bonds is 6. The summed E-state index contributed by atoms with van der Waals surface area (Å²) < 4.78 is 1.95. The average molecular weight is 392 g/mol. The second kappa shape index (κ2) is 9.05. The first kappa shape index (κ1) is 19.4. The molecule has 142 valence electrons. The number of hydrogen-bond acceptors (Lipinski definition) is 4. The molecule has 2 aromatic carbocycles. The summed E-state index contributed by atoms with van der Waals surface area (Å²) >= 11 is 1.56. The lowest BCUT2D eigenvalue weighted by Gasteiger charge is -2.05. The number of carbonyl (C=O) groups excluding carboxylic acids is 2. The number of aryl methyl sites for hydroxylation is 1. The monoisotopic (exact) mass is 392 g/mol. The number of nitrogens with zero attached hydrogens (tertiary/aromatic N) is 2. The van der Waals surface area contributed by atoms with Crippen molar-refractivity contribution in [3.05, 3.63) is 72.6 Å². The van der Waals surface area contributed by atoms with Crippen molar-refractivity contribution < 1.29 is 9.59 Å². The van der Waals surface area contributed by atoms with E-state index in [0.29, 0.717) is 0 Å². The van der Waals surface area contributed by atoms with Gasteiger partial charge in [-0.3, -0.25) is 9.59 Å². The lowest BCUT2D eigenvalue weighted by atomic mass is 10.2. The summed E-state index contributed by atoms with van der Waals surface area (Å²) in [7, 11) is 1.95. The van der Waals surface area contributed by atoms with E-state index in [0.717, 1.165) is 27.0 Å². The maximum atomic E-state index is 12.1. The number of amides is 2. The number of anilines is 2. The Kier molecular flexibility index (Phi) is 6.29. The van der Waals surface area contributed by atoms with E-state index in [2.05, 4.69) is 15.6 Å². The third-order valence-electron chi connectivity index (χ3n) is 3.77. The third-order valence-corrected chi connectivity index (χ3v) is 4.85. The van der Waals surface area contributed by atoms with Crippen LogP contribution in [0.4, 0.5) is 11.4 Å². The predicted molar refractivity (Wildman–Crippen MR) is 112 cm³/mol. The molecule has 0 unspecified atom stereocenters. The maximum absolute atomic E-state index is 12.1. The Morgan fingerprint density at radius 1 is 1.00 bits per heavy atom. The molecule has 2 amide bonds. The van der Waals surface area contributed by atoms with E-state index in [-0.39, 0.29) is 11.8 Å². The Labute approximate surface area is 167 Å². The van der Waals surface area contributed by atoms with Gasteiger partial charge in [0.15, 0.2) is 5.16 Å². The molecular weight excluding hydrogens is 372 g/mol. The van der Waals surface area contributed by atoms with E-state index in [1.807, 2.05) is 54.2 Å². The minimum atomic E-state index is -0.213. The van der Waals surface area contributed by atoms with Gasteiger partial charge in [-0.2, -0.15) is 0 Å². The lowest BCUT2D eigenvalue weighted by molar-refractivity contribution is -0.114. The zero-order chi connectivity index (χ0) is 19.9. The molecule has 6 nitrogen and oxygen atoms in total. The van der Waals surface area contributed by atoms with Crippen molar-refractivity contribution in [3.63, 3.8) is 0 Å². The molecule has 2 N–H and O–H groups in total. The van der Waals surface area contributed by atoms with Crippen LogP contribution in [-0.4, -0.2) is 21.4 Å². The van der Waals surface area contributed by atoms with E-state index < -0.39 is 0 Å². The van der Waals surface area contributed by atoms with Crippen LogP contribution < -0.4 is 10.6 Å². The minimum Gasteiger partial charge on any atom is -0.329 e. The van der Waals surface area contributed by atoms with Crippen molar-refractivity contribution in [2.75, 3.05) is 10.6 Å². The van der Waals surface area contributed by atoms with Gasteiger partial charge in [0.1, 0.15) is 0 Å². The van der Waals surface area contributed by atoms with Gasteiger partial charge in [0.25, 0.3) is 0 Å². The van der Waals surface area contributed by atoms with Crippen molar-refractivity contribution >= 4 is 41.0 Å². The first-order valence-electron chi connectivity index (χ1n) is 8.61. The number of hydrogen-bond donors (Lipinski definition) is 2. The number of nitrogens with one attached hydrogen (secondary N) is 2. The molecule has 0 saturated carbocycles. The van der Waals surface area contributed by atoms with Crippen molar-refractivity contribution in [2.45, 2.75) is 17.0 Å². The fourth-order valence-electron chi connectivity index (χ4n) is 2.40. The SMILES string of the molecule is CC(=O)Nc1ccc(/C=C/C(=O)Nc2ccc(Sc3nccn3C)cc2)cc1. The molecule has 0 radical (unpaired) electrons. The molecule has 0 aliphatic heterocycles. The van der Waals surface area contributed by atoms with Gasteiger partial charge in [-0.15, -0.1) is 0 Å². The highest BCUT2D eigenvalue weighted by atomic mass is 32.2. The van der Waals surface area contributed by atoms with Gasteiger partial charge in [-0.1, -0.05) is 23.9 Å². The summed E-state index contributed by atoms with van der Waals surface area (Å²) in [6.07, 6.45) is 6.86. The molecular formula is C21H20N4O2S. The summed E-state index contributed by atoms with van der Waals surface area (Å²) in [6.45, 7) is 1.46. The number of carbonyl (C=O) groups is 2. The van der Waals surface area contributed by atoms with E-state index in [4.69, 9.17) is 0 Å². The Morgan fingerprint density at radius 2 is 1.64 bits per heavy atom. The molecule has 1 heterocycles. The third kappa shape index (κ3) is 5.59. The molecule has 3 aromatic rings. The van der Waals surface area contributed by atoms with Crippen molar-refractivity contribution in [1.29, 1.82) is 0 Å². The van der Waals surface area contributed by atoms with Crippen molar-refractivity contribution in [1.82, 2.24) is 9.55 Å². The molecule has 0 bridgehead atoms. The van der Waals surface area contributed by atoms with Gasteiger partial charge in [0, 0.05) is 48.7 Å². The fraction of sp³-hybridized carbons (Fsp3) is 0.0952. The lowest BCUT2D eigenvalue weighted by Crippen LogP contribution is -2.07. The van der Waals surface area contributed by atoms with E-state index in [9.17, 15) is 9.59 Å². The smallest absolute Gasteiger partial charge is 0.248 e. The molecule has 0 atom stereocenters. The van der Waals surface area contributed by atoms with Crippen LogP contribution in [0.2, 0.25) is 0 Å². The molecule has 0 saturated heterocycles. The van der Waals surface area contributed by atoms with E-state index in [1.165, 1.54) is 13.0 Å². The molecule has 0 aliphatic rings. The second-order valence-electron chi connectivity index (χ2n) is 6.07. The van der Waals surface area contributed by atoms with Gasteiger partial charge in [-0.05, 0) is 48.0 Å². The first-order chi connectivity index (χ1) is 13.5. The van der Waals surface area contributed by atoms with Crippen molar-refractivity contribution in [2.24, 2.45) is 7.05 Å². The van der Waals surface area contributed by atoms with Crippen LogP contribution in [0.5, 0.6) is 0 Å². The molecule has 1 aromatic heterocycles. The zero-order valence-corrected chi connectivity index (χ0v) is 16.4. The normalized spacial score (nSPS) is 10.8. The van der Waals surface area contributed by atoms with E-state index in [1.54, 1.807) is 36.2 Å². The summed E-state index contributed by atoms with van der Waals surface area (Å²) in [5.74, 6) is -0.331. The van der Waals surface area contributed by atoms with Gasteiger partial charge in [0.2, 0.25) is 11.8 Å². The fourth-order valence-corrected chi connectivity index (χ4v) is 3.20. The topological polar surface area (TPSA) is 76.0 Å². The molecule has 7 heteroatoms. The second-order valence-corrected chi connectivity index (χ2v) is 7.11. The number of imidazole rings is 1. The Hall–Kier alpha value is -3.32. The predicted octanol–water partition coefficient (Wildman–Crippen LogP) is 4.18. The molecule has 28 heavy (non-hydrogen) atoms. The van der Waals surface area contributed by atoms with Crippen LogP contribution in [0.25, 0.3) is 6.08 Å². The number of aromatic nitrogens is 2. The summed E-state index contributed by atoms with van der Waals surface area (Å²) in [6, 6.07) is 14.8. The summed E-state index contributed by atoms with van der Waals surface area (Å²) in [5.41, 5.74) is 2.31. The summed E-state index contributed by atoms with van der Waals surface area (Å²) in [4.78, 5) is 28.5. The Balaban J connectivity index is 1.54. The Bertz CT molecular complexity index is 992. The highest BCUT2D eigenvalue weighted by molar-refractivity contribution is 7.99. The largest absolute Gasteiger partial charge is 0.329 e. The van der Waals surface area contributed by atoms with Crippen LogP contribution in [0.1, 0.15) is 12.5 Å². The Morgan fingerprint density at radius 3 is 2.25 bits per heavy atom. The molecule has 0 fully saturated rings. The van der Waals surface area contributed by atoms with Gasteiger partial charge in [0.05, 0.1) is 0 Å². The van der Waals surface area contributed by atoms with Crippen LogP contribution >= 0.6 is 11.8 Å².